The van der Waals surface area contributed by atoms with E-state index in [4.69, 9.17) is 0 Å². The number of nitrogens with zero attached hydrogens (tertiary/aromatic N) is 1. The zero-order valence-electron chi connectivity index (χ0n) is 11.3. The van der Waals surface area contributed by atoms with Crippen molar-refractivity contribution in [2.75, 3.05) is 19.6 Å². The Hall–Kier alpha value is -0.860. The van der Waals surface area contributed by atoms with Gasteiger partial charge in [0.25, 0.3) is 0 Å². The molecule has 1 aliphatic carbocycles. The first-order valence-corrected chi connectivity index (χ1v) is 7.37. The summed E-state index contributed by atoms with van der Waals surface area (Å²) in [5.41, 5.74) is 1.44. The van der Waals surface area contributed by atoms with Crippen molar-refractivity contribution >= 4 is 0 Å². The third-order valence-electron chi connectivity index (χ3n) is 4.69. The second-order valence-electron chi connectivity index (χ2n) is 5.89. The third kappa shape index (κ3) is 2.45. The average molecular weight is 244 g/mol. The molecular weight excluding hydrogens is 220 g/mol. The van der Waals surface area contributed by atoms with E-state index in [2.05, 4.69) is 47.5 Å². The molecule has 1 heterocycles. The van der Waals surface area contributed by atoms with Crippen molar-refractivity contribution in [3.8, 4) is 0 Å². The zero-order valence-corrected chi connectivity index (χ0v) is 11.3. The molecule has 0 amide bonds. The Labute approximate surface area is 110 Å². The van der Waals surface area contributed by atoms with Gasteiger partial charge in [-0.25, -0.2) is 0 Å². The minimum absolute atomic E-state index is 0.521. The topological polar surface area (TPSA) is 15.3 Å². The van der Waals surface area contributed by atoms with E-state index in [1.807, 2.05) is 0 Å². The van der Waals surface area contributed by atoms with Crippen molar-refractivity contribution in [3.63, 3.8) is 0 Å². The van der Waals surface area contributed by atoms with Gasteiger partial charge in [-0.15, -0.1) is 0 Å². The Morgan fingerprint density at radius 2 is 2.00 bits per heavy atom. The Balaban J connectivity index is 1.69. The standard InChI is InChI=1S/C16H24N2/c1-13-6-5-9-16(13)18-11-10-17-15(12-18)14-7-3-2-4-8-14/h2-4,7-8,13,15-17H,5-6,9-12H2,1H3. The average Bonchev–Trinajstić information content (AvgIpc) is 2.86. The highest BCUT2D eigenvalue weighted by atomic mass is 15.2. The maximum Gasteiger partial charge on any atom is 0.0449 e. The van der Waals surface area contributed by atoms with Crippen LogP contribution in [0.3, 0.4) is 0 Å². The Morgan fingerprint density at radius 1 is 1.17 bits per heavy atom. The number of hydrogen-bond donors (Lipinski definition) is 1. The lowest BCUT2D eigenvalue weighted by Crippen LogP contribution is -2.50. The third-order valence-corrected chi connectivity index (χ3v) is 4.69. The first-order chi connectivity index (χ1) is 8.84. The summed E-state index contributed by atoms with van der Waals surface area (Å²) >= 11 is 0. The number of hydrogen-bond acceptors (Lipinski definition) is 2. The Morgan fingerprint density at radius 3 is 2.72 bits per heavy atom. The molecule has 98 valence electrons. The highest BCUT2D eigenvalue weighted by molar-refractivity contribution is 5.20. The van der Waals surface area contributed by atoms with Crippen LogP contribution in [-0.2, 0) is 0 Å². The second-order valence-corrected chi connectivity index (χ2v) is 5.89. The number of benzene rings is 1. The van der Waals surface area contributed by atoms with E-state index in [1.54, 1.807) is 0 Å². The molecule has 1 aliphatic heterocycles. The van der Waals surface area contributed by atoms with Crippen molar-refractivity contribution in [2.45, 2.75) is 38.3 Å². The molecule has 18 heavy (non-hydrogen) atoms. The van der Waals surface area contributed by atoms with Crippen LogP contribution in [-0.4, -0.2) is 30.6 Å². The molecule has 0 spiro atoms. The first-order valence-electron chi connectivity index (χ1n) is 7.37. The van der Waals surface area contributed by atoms with Gasteiger partial charge >= 0.3 is 0 Å². The highest BCUT2D eigenvalue weighted by Gasteiger charge is 2.32. The van der Waals surface area contributed by atoms with E-state index in [1.165, 1.54) is 37.9 Å². The normalized spacial score (nSPS) is 33.7. The molecule has 2 aliphatic rings. The predicted molar refractivity (Wildman–Crippen MR) is 75.6 cm³/mol. The van der Waals surface area contributed by atoms with E-state index in [0.29, 0.717) is 6.04 Å². The Kier molecular flexibility index (Phi) is 3.67. The van der Waals surface area contributed by atoms with Gasteiger partial charge < -0.3 is 5.32 Å². The second kappa shape index (κ2) is 5.41. The molecule has 3 rings (SSSR count). The molecule has 0 radical (unpaired) electrons. The Bertz CT molecular complexity index is 376. The maximum atomic E-state index is 3.66. The zero-order chi connectivity index (χ0) is 12.4. The summed E-state index contributed by atoms with van der Waals surface area (Å²) in [6.07, 6.45) is 4.25. The largest absolute Gasteiger partial charge is 0.308 e. The van der Waals surface area contributed by atoms with Crippen LogP contribution in [0.25, 0.3) is 0 Å². The summed E-state index contributed by atoms with van der Waals surface area (Å²) < 4.78 is 0. The monoisotopic (exact) mass is 244 g/mol. The molecule has 3 unspecified atom stereocenters. The molecule has 1 N–H and O–H groups in total. The molecule has 3 atom stereocenters. The molecular formula is C16H24N2. The fraction of sp³-hybridized carbons (Fsp3) is 0.625. The van der Waals surface area contributed by atoms with Gasteiger partial charge in [-0.2, -0.15) is 0 Å². The SMILES string of the molecule is CC1CCCC1N1CCNC(c2ccccc2)C1. The van der Waals surface area contributed by atoms with E-state index in [0.717, 1.165) is 18.5 Å². The summed E-state index contributed by atoms with van der Waals surface area (Å²) in [4.78, 5) is 2.73. The summed E-state index contributed by atoms with van der Waals surface area (Å²) in [6, 6.07) is 12.2. The van der Waals surface area contributed by atoms with Gasteiger partial charge in [-0.1, -0.05) is 43.7 Å². The molecule has 0 aromatic heterocycles. The van der Waals surface area contributed by atoms with E-state index in [-0.39, 0.29) is 0 Å². The fourth-order valence-corrected chi connectivity index (χ4v) is 3.65. The molecule has 1 saturated heterocycles. The molecule has 2 nitrogen and oxygen atoms in total. The van der Waals surface area contributed by atoms with Crippen LogP contribution in [0.1, 0.15) is 37.8 Å². The summed E-state index contributed by atoms with van der Waals surface area (Å²) in [7, 11) is 0. The van der Waals surface area contributed by atoms with Crippen molar-refractivity contribution in [3.05, 3.63) is 35.9 Å². The van der Waals surface area contributed by atoms with Crippen LogP contribution >= 0.6 is 0 Å². The van der Waals surface area contributed by atoms with Crippen LogP contribution in [0.15, 0.2) is 30.3 Å². The maximum absolute atomic E-state index is 3.66. The van der Waals surface area contributed by atoms with Crippen molar-refractivity contribution in [1.29, 1.82) is 0 Å². The van der Waals surface area contributed by atoms with Crippen LogP contribution in [0.5, 0.6) is 0 Å². The van der Waals surface area contributed by atoms with E-state index >= 15 is 0 Å². The van der Waals surface area contributed by atoms with Gasteiger partial charge in [-0.05, 0) is 24.3 Å². The first kappa shape index (κ1) is 12.2. The van der Waals surface area contributed by atoms with Gasteiger partial charge in [0, 0.05) is 31.7 Å². The van der Waals surface area contributed by atoms with Gasteiger partial charge in [0.2, 0.25) is 0 Å². The van der Waals surface area contributed by atoms with Crippen LogP contribution in [0.4, 0.5) is 0 Å². The number of rotatable bonds is 2. The lowest BCUT2D eigenvalue weighted by atomic mass is 9.99. The van der Waals surface area contributed by atoms with Gasteiger partial charge in [0.15, 0.2) is 0 Å². The minimum Gasteiger partial charge on any atom is -0.308 e. The molecule has 2 heteroatoms. The molecule has 1 saturated carbocycles. The fourth-order valence-electron chi connectivity index (χ4n) is 3.65. The van der Waals surface area contributed by atoms with Crippen LogP contribution in [0.2, 0.25) is 0 Å². The molecule has 1 aromatic carbocycles. The van der Waals surface area contributed by atoms with Gasteiger partial charge in [0.05, 0.1) is 0 Å². The predicted octanol–water partition coefficient (Wildman–Crippen LogP) is 2.82. The van der Waals surface area contributed by atoms with Gasteiger partial charge in [-0.3, -0.25) is 4.90 Å². The highest BCUT2D eigenvalue weighted by Crippen LogP contribution is 2.31. The number of piperazine rings is 1. The molecule has 2 fully saturated rings. The van der Waals surface area contributed by atoms with Gasteiger partial charge in [0.1, 0.15) is 0 Å². The summed E-state index contributed by atoms with van der Waals surface area (Å²) in [6.45, 7) is 5.96. The van der Waals surface area contributed by atoms with Crippen molar-refractivity contribution < 1.29 is 0 Å². The van der Waals surface area contributed by atoms with Crippen LogP contribution < -0.4 is 5.32 Å². The quantitative estimate of drug-likeness (QED) is 0.860. The summed E-state index contributed by atoms with van der Waals surface area (Å²) in [5.74, 6) is 0.888. The smallest absolute Gasteiger partial charge is 0.0449 e. The molecule has 0 bridgehead atoms. The minimum atomic E-state index is 0.521. The van der Waals surface area contributed by atoms with Crippen molar-refractivity contribution in [2.24, 2.45) is 5.92 Å². The number of nitrogens with one attached hydrogen (secondary N) is 1. The van der Waals surface area contributed by atoms with Crippen LogP contribution in [0, 0.1) is 5.92 Å². The van der Waals surface area contributed by atoms with Crippen molar-refractivity contribution in [1.82, 2.24) is 10.2 Å². The molecule has 1 aromatic rings. The summed E-state index contributed by atoms with van der Waals surface area (Å²) in [5, 5.41) is 3.66. The lowest BCUT2D eigenvalue weighted by Gasteiger charge is -2.39. The van der Waals surface area contributed by atoms with E-state index < -0.39 is 0 Å². The van der Waals surface area contributed by atoms with E-state index in [9.17, 15) is 0 Å². The lowest BCUT2D eigenvalue weighted by molar-refractivity contribution is 0.122.